The summed E-state index contributed by atoms with van der Waals surface area (Å²) >= 11 is 0. The highest BCUT2D eigenvalue weighted by Gasteiger charge is 2.27. The largest absolute Gasteiger partial charge is 0.384 e. The third-order valence-electron chi connectivity index (χ3n) is 3.78. The summed E-state index contributed by atoms with van der Waals surface area (Å²) in [6.07, 6.45) is 3.30. The van der Waals surface area contributed by atoms with Crippen molar-refractivity contribution in [3.63, 3.8) is 0 Å². The number of rotatable bonds is 4. The monoisotopic (exact) mass is 260 g/mol. The molecule has 2 rings (SSSR count). The van der Waals surface area contributed by atoms with Gasteiger partial charge in [-0.15, -0.1) is 0 Å². The van der Waals surface area contributed by atoms with E-state index in [4.69, 9.17) is 0 Å². The van der Waals surface area contributed by atoms with Crippen LogP contribution < -0.4 is 5.32 Å². The molecule has 104 valence electrons. The van der Waals surface area contributed by atoms with Crippen LogP contribution in [0.2, 0.25) is 0 Å². The van der Waals surface area contributed by atoms with Crippen molar-refractivity contribution in [3.05, 3.63) is 29.3 Å². The standard InChI is InChI=1S/C16H24N2O/c1-4-9-17-15-8-7-12(2)11-14(15)16(19)18-10-5-6-13(18)3/h7-8,11,13,17H,4-6,9-10H2,1-3H3. The van der Waals surface area contributed by atoms with Crippen LogP contribution in [0.1, 0.15) is 49.0 Å². The van der Waals surface area contributed by atoms with Crippen LogP contribution in [0.3, 0.4) is 0 Å². The second-order valence-electron chi connectivity index (χ2n) is 5.47. The molecule has 1 heterocycles. The van der Waals surface area contributed by atoms with Crippen LogP contribution in [0.25, 0.3) is 0 Å². The van der Waals surface area contributed by atoms with Gasteiger partial charge in [-0.2, -0.15) is 0 Å². The summed E-state index contributed by atoms with van der Waals surface area (Å²) in [7, 11) is 0. The van der Waals surface area contributed by atoms with Crippen LogP contribution >= 0.6 is 0 Å². The zero-order chi connectivity index (χ0) is 13.8. The first-order chi connectivity index (χ1) is 9.13. The molecule has 19 heavy (non-hydrogen) atoms. The van der Waals surface area contributed by atoms with Gasteiger partial charge in [0, 0.05) is 24.8 Å². The van der Waals surface area contributed by atoms with E-state index in [1.54, 1.807) is 0 Å². The third kappa shape index (κ3) is 3.09. The summed E-state index contributed by atoms with van der Waals surface area (Å²) < 4.78 is 0. The van der Waals surface area contributed by atoms with Crippen molar-refractivity contribution in [1.82, 2.24) is 4.90 Å². The average Bonchev–Trinajstić information content (AvgIpc) is 2.82. The van der Waals surface area contributed by atoms with Crippen molar-refractivity contribution < 1.29 is 4.79 Å². The molecular weight excluding hydrogens is 236 g/mol. The van der Waals surface area contributed by atoms with Crippen LogP contribution in [-0.4, -0.2) is 29.9 Å². The quantitative estimate of drug-likeness (QED) is 0.899. The van der Waals surface area contributed by atoms with Crippen molar-refractivity contribution in [2.45, 2.75) is 46.1 Å². The second-order valence-corrected chi connectivity index (χ2v) is 5.47. The number of aryl methyl sites for hydroxylation is 1. The van der Waals surface area contributed by atoms with Gasteiger partial charge in [0.05, 0.1) is 5.56 Å². The minimum absolute atomic E-state index is 0.173. The van der Waals surface area contributed by atoms with Crippen molar-refractivity contribution in [1.29, 1.82) is 0 Å². The molecule has 0 aromatic heterocycles. The maximum absolute atomic E-state index is 12.7. The van der Waals surface area contributed by atoms with Crippen molar-refractivity contribution in [2.24, 2.45) is 0 Å². The highest BCUT2D eigenvalue weighted by molar-refractivity contribution is 6.00. The minimum Gasteiger partial charge on any atom is -0.384 e. The van der Waals surface area contributed by atoms with Crippen LogP contribution in [0.5, 0.6) is 0 Å². The topological polar surface area (TPSA) is 32.3 Å². The molecule has 0 radical (unpaired) electrons. The Labute approximate surface area is 116 Å². The Hall–Kier alpha value is -1.51. The Kier molecular flexibility index (Phi) is 4.46. The molecule has 1 amide bonds. The Morgan fingerprint density at radius 1 is 1.47 bits per heavy atom. The molecule has 1 atom stereocenters. The number of benzene rings is 1. The maximum atomic E-state index is 12.7. The van der Waals surface area contributed by atoms with E-state index < -0.39 is 0 Å². The van der Waals surface area contributed by atoms with Crippen molar-refractivity contribution in [3.8, 4) is 0 Å². The molecule has 1 unspecified atom stereocenters. The maximum Gasteiger partial charge on any atom is 0.256 e. The van der Waals surface area contributed by atoms with Gasteiger partial charge in [-0.05, 0) is 45.2 Å². The summed E-state index contributed by atoms with van der Waals surface area (Å²) in [6.45, 7) is 8.10. The summed E-state index contributed by atoms with van der Waals surface area (Å²) in [5, 5.41) is 3.36. The number of hydrogen-bond acceptors (Lipinski definition) is 2. The van der Waals surface area contributed by atoms with Gasteiger partial charge in [0.15, 0.2) is 0 Å². The van der Waals surface area contributed by atoms with Crippen LogP contribution in [0.4, 0.5) is 5.69 Å². The summed E-state index contributed by atoms with van der Waals surface area (Å²) in [5.41, 5.74) is 2.93. The van der Waals surface area contributed by atoms with Gasteiger partial charge >= 0.3 is 0 Å². The first kappa shape index (κ1) is 13.9. The van der Waals surface area contributed by atoms with Gasteiger partial charge < -0.3 is 10.2 Å². The molecule has 1 aliphatic rings. The fourth-order valence-electron chi connectivity index (χ4n) is 2.64. The van der Waals surface area contributed by atoms with Crippen LogP contribution in [-0.2, 0) is 0 Å². The first-order valence-electron chi connectivity index (χ1n) is 7.29. The molecule has 1 aliphatic heterocycles. The Balaban J connectivity index is 2.26. The van der Waals surface area contributed by atoms with Gasteiger partial charge in [-0.3, -0.25) is 4.79 Å². The molecule has 0 saturated carbocycles. The molecule has 1 fully saturated rings. The van der Waals surface area contributed by atoms with Crippen LogP contribution in [0.15, 0.2) is 18.2 Å². The first-order valence-corrected chi connectivity index (χ1v) is 7.29. The zero-order valence-corrected chi connectivity index (χ0v) is 12.2. The molecular formula is C16H24N2O. The van der Waals surface area contributed by atoms with Gasteiger partial charge in [-0.1, -0.05) is 18.6 Å². The molecule has 1 aromatic carbocycles. The van der Waals surface area contributed by atoms with Crippen molar-refractivity contribution >= 4 is 11.6 Å². The summed E-state index contributed by atoms with van der Waals surface area (Å²) in [5.74, 6) is 0.173. The Morgan fingerprint density at radius 3 is 2.89 bits per heavy atom. The fraction of sp³-hybridized carbons (Fsp3) is 0.562. The highest BCUT2D eigenvalue weighted by atomic mass is 16.2. The molecule has 3 nitrogen and oxygen atoms in total. The van der Waals surface area contributed by atoms with E-state index in [9.17, 15) is 4.79 Å². The fourth-order valence-corrected chi connectivity index (χ4v) is 2.64. The van der Waals surface area contributed by atoms with E-state index >= 15 is 0 Å². The number of nitrogens with one attached hydrogen (secondary N) is 1. The smallest absolute Gasteiger partial charge is 0.256 e. The SMILES string of the molecule is CCCNc1ccc(C)cc1C(=O)N1CCCC1C. The highest BCUT2D eigenvalue weighted by Crippen LogP contribution is 2.24. The lowest BCUT2D eigenvalue weighted by atomic mass is 10.1. The number of hydrogen-bond donors (Lipinski definition) is 1. The molecule has 3 heteroatoms. The third-order valence-corrected chi connectivity index (χ3v) is 3.78. The Bertz CT molecular complexity index is 456. The lowest BCUT2D eigenvalue weighted by Crippen LogP contribution is -2.34. The zero-order valence-electron chi connectivity index (χ0n) is 12.2. The lowest BCUT2D eigenvalue weighted by Gasteiger charge is -2.23. The van der Waals surface area contributed by atoms with Crippen molar-refractivity contribution in [2.75, 3.05) is 18.4 Å². The number of anilines is 1. The molecule has 1 saturated heterocycles. The normalized spacial score (nSPS) is 18.7. The lowest BCUT2D eigenvalue weighted by molar-refractivity contribution is 0.0748. The van der Waals surface area contributed by atoms with Gasteiger partial charge in [0.1, 0.15) is 0 Å². The Morgan fingerprint density at radius 2 is 2.26 bits per heavy atom. The predicted molar refractivity (Wildman–Crippen MR) is 79.7 cm³/mol. The number of carbonyl (C=O) groups excluding carboxylic acids is 1. The van der Waals surface area contributed by atoms with Crippen LogP contribution in [0, 0.1) is 6.92 Å². The number of likely N-dealkylation sites (tertiary alicyclic amines) is 1. The number of nitrogens with zero attached hydrogens (tertiary/aromatic N) is 1. The summed E-state index contributed by atoms with van der Waals surface area (Å²) in [4.78, 5) is 14.7. The molecule has 1 aromatic rings. The van der Waals surface area contributed by atoms with E-state index in [1.807, 2.05) is 24.0 Å². The minimum atomic E-state index is 0.173. The second kappa shape index (κ2) is 6.09. The molecule has 0 spiro atoms. The van der Waals surface area contributed by atoms with E-state index in [1.165, 1.54) is 0 Å². The van der Waals surface area contributed by atoms with E-state index in [-0.39, 0.29) is 5.91 Å². The van der Waals surface area contributed by atoms with Gasteiger partial charge in [0.25, 0.3) is 5.91 Å². The van der Waals surface area contributed by atoms with E-state index in [2.05, 4.69) is 25.2 Å². The predicted octanol–water partition coefficient (Wildman–Crippen LogP) is 3.44. The number of carbonyl (C=O) groups is 1. The summed E-state index contributed by atoms with van der Waals surface area (Å²) in [6, 6.07) is 6.46. The molecule has 0 bridgehead atoms. The number of amides is 1. The molecule has 0 aliphatic carbocycles. The average molecular weight is 260 g/mol. The molecule has 1 N–H and O–H groups in total. The van der Waals surface area contributed by atoms with Gasteiger partial charge in [0.2, 0.25) is 0 Å². The van der Waals surface area contributed by atoms with E-state index in [0.717, 1.165) is 49.2 Å². The van der Waals surface area contributed by atoms with E-state index in [0.29, 0.717) is 6.04 Å². The van der Waals surface area contributed by atoms with Gasteiger partial charge in [-0.25, -0.2) is 0 Å².